The molecule has 2 atom stereocenters. The van der Waals surface area contributed by atoms with E-state index in [0.29, 0.717) is 0 Å². The average Bonchev–Trinajstić information content (AvgIpc) is 2.30. The highest BCUT2D eigenvalue weighted by Crippen LogP contribution is 2.30. The van der Waals surface area contributed by atoms with Gasteiger partial charge in [0.1, 0.15) is 0 Å². The third-order valence-electron chi connectivity index (χ3n) is 4.50. The van der Waals surface area contributed by atoms with Gasteiger partial charge >= 0.3 is 0 Å². The van der Waals surface area contributed by atoms with Crippen LogP contribution in [0.2, 0.25) is 0 Å². The van der Waals surface area contributed by atoms with Gasteiger partial charge in [-0.05, 0) is 37.1 Å². The second kappa shape index (κ2) is 7.32. The van der Waals surface area contributed by atoms with Crippen molar-refractivity contribution in [2.75, 3.05) is 6.54 Å². The molecule has 0 aromatic carbocycles. The van der Waals surface area contributed by atoms with Crippen molar-refractivity contribution in [1.82, 2.24) is 5.32 Å². The summed E-state index contributed by atoms with van der Waals surface area (Å²) in [6, 6.07) is 0.800. The third-order valence-corrected chi connectivity index (χ3v) is 4.50. The maximum atomic E-state index is 3.85. The summed E-state index contributed by atoms with van der Waals surface area (Å²) in [6.07, 6.45) is 8.38. The monoisotopic (exact) mass is 225 g/mol. The van der Waals surface area contributed by atoms with E-state index in [9.17, 15) is 0 Å². The van der Waals surface area contributed by atoms with E-state index in [2.05, 4.69) is 33.0 Å². The first-order chi connectivity index (χ1) is 7.69. The molecule has 0 saturated heterocycles. The average molecular weight is 225 g/mol. The molecule has 0 spiro atoms. The number of nitrogens with one attached hydrogen (secondary N) is 1. The van der Waals surface area contributed by atoms with Crippen molar-refractivity contribution >= 4 is 0 Å². The number of hydrogen-bond acceptors (Lipinski definition) is 1. The molecule has 0 aromatic rings. The van der Waals surface area contributed by atoms with Crippen LogP contribution in [0.1, 0.15) is 66.2 Å². The SMILES string of the molecule is CCC(CC)CNC1CCCCC1C(C)C. The smallest absolute Gasteiger partial charge is 0.00978 e. The molecule has 1 aliphatic rings. The van der Waals surface area contributed by atoms with E-state index in [1.54, 1.807) is 0 Å². The van der Waals surface area contributed by atoms with Gasteiger partial charge in [-0.25, -0.2) is 0 Å². The van der Waals surface area contributed by atoms with Crippen molar-refractivity contribution < 1.29 is 0 Å². The standard InChI is InChI=1S/C15H31N/c1-5-13(6-2)11-16-15-10-8-7-9-14(15)12(3)4/h12-16H,5-11H2,1-4H3. The van der Waals surface area contributed by atoms with Gasteiger partial charge in [0.05, 0.1) is 0 Å². The first kappa shape index (κ1) is 14.0. The molecular formula is C15H31N. The summed E-state index contributed by atoms with van der Waals surface area (Å²) in [5.74, 6) is 2.65. The Bertz CT molecular complexity index is 172. The van der Waals surface area contributed by atoms with Crippen molar-refractivity contribution in [1.29, 1.82) is 0 Å². The topological polar surface area (TPSA) is 12.0 Å². The lowest BCUT2D eigenvalue weighted by Gasteiger charge is -2.36. The highest BCUT2D eigenvalue weighted by Gasteiger charge is 2.27. The van der Waals surface area contributed by atoms with E-state index in [-0.39, 0.29) is 0 Å². The van der Waals surface area contributed by atoms with Crippen LogP contribution in [-0.4, -0.2) is 12.6 Å². The largest absolute Gasteiger partial charge is 0.313 e. The van der Waals surface area contributed by atoms with Crippen LogP contribution < -0.4 is 5.32 Å². The van der Waals surface area contributed by atoms with E-state index >= 15 is 0 Å². The Morgan fingerprint density at radius 3 is 2.25 bits per heavy atom. The third kappa shape index (κ3) is 4.08. The van der Waals surface area contributed by atoms with Crippen molar-refractivity contribution in [3.8, 4) is 0 Å². The maximum Gasteiger partial charge on any atom is 0.00978 e. The van der Waals surface area contributed by atoms with E-state index in [4.69, 9.17) is 0 Å². The fourth-order valence-electron chi connectivity index (χ4n) is 3.11. The Balaban J connectivity index is 2.37. The minimum Gasteiger partial charge on any atom is -0.313 e. The van der Waals surface area contributed by atoms with E-state index in [1.165, 1.54) is 45.1 Å². The first-order valence-electron chi connectivity index (χ1n) is 7.42. The van der Waals surface area contributed by atoms with E-state index in [1.807, 2.05) is 0 Å². The predicted octanol–water partition coefficient (Wildman–Crippen LogP) is 4.23. The normalized spacial score (nSPS) is 26.6. The van der Waals surface area contributed by atoms with Gasteiger partial charge in [-0.15, -0.1) is 0 Å². The maximum absolute atomic E-state index is 3.85. The van der Waals surface area contributed by atoms with Gasteiger partial charge in [0.15, 0.2) is 0 Å². The molecule has 0 aliphatic heterocycles. The van der Waals surface area contributed by atoms with Gasteiger partial charge in [0, 0.05) is 6.04 Å². The fourth-order valence-corrected chi connectivity index (χ4v) is 3.11. The number of hydrogen-bond donors (Lipinski definition) is 1. The fraction of sp³-hybridized carbons (Fsp3) is 1.00. The van der Waals surface area contributed by atoms with Gasteiger partial charge in [-0.2, -0.15) is 0 Å². The summed E-state index contributed by atoms with van der Waals surface area (Å²) < 4.78 is 0. The summed E-state index contributed by atoms with van der Waals surface area (Å²) in [4.78, 5) is 0. The van der Waals surface area contributed by atoms with Crippen LogP contribution in [0.4, 0.5) is 0 Å². The molecule has 0 aromatic heterocycles. The van der Waals surface area contributed by atoms with Gasteiger partial charge in [0.2, 0.25) is 0 Å². The van der Waals surface area contributed by atoms with Crippen LogP contribution in [0.25, 0.3) is 0 Å². The first-order valence-corrected chi connectivity index (χ1v) is 7.42. The van der Waals surface area contributed by atoms with Crippen LogP contribution in [0.15, 0.2) is 0 Å². The molecule has 2 unspecified atom stereocenters. The minimum absolute atomic E-state index is 0.800. The molecule has 0 amide bonds. The Morgan fingerprint density at radius 2 is 1.69 bits per heavy atom. The molecule has 96 valence electrons. The zero-order valence-electron chi connectivity index (χ0n) is 11.8. The molecule has 0 heterocycles. The summed E-state index contributed by atoms with van der Waals surface area (Å²) in [5.41, 5.74) is 0. The second-order valence-corrected chi connectivity index (χ2v) is 5.89. The van der Waals surface area contributed by atoms with Crippen molar-refractivity contribution in [3.63, 3.8) is 0 Å². The Morgan fingerprint density at radius 1 is 1.06 bits per heavy atom. The number of rotatable bonds is 6. The highest BCUT2D eigenvalue weighted by molar-refractivity contribution is 4.83. The highest BCUT2D eigenvalue weighted by atomic mass is 14.9. The van der Waals surface area contributed by atoms with Crippen LogP contribution >= 0.6 is 0 Å². The van der Waals surface area contributed by atoms with Gasteiger partial charge in [-0.1, -0.05) is 53.4 Å². The second-order valence-electron chi connectivity index (χ2n) is 5.89. The molecule has 16 heavy (non-hydrogen) atoms. The van der Waals surface area contributed by atoms with Gasteiger partial charge in [0.25, 0.3) is 0 Å². The molecule has 1 aliphatic carbocycles. The van der Waals surface area contributed by atoms with Crippen LogP contribution in [0.3, 0.4) is 0 Å². The molecule has 1 heteroatoms. The lowest BCUT2D eigenvalue weighted by molar-refractivity contribution is 0.198. The zero-order chi connectivity index (χ0) is 12.0. The Hall–Kier alpha value is -0.0400. The van der Waals surface area contributed by atoms with E-state index < -0.39 is 0 Å². The van der Waals surface area contributed by atoms with Crippen LogP contribution in [-0.2, 0) is 0 Å². The molecule has 1 fully saturated rings. The molecule has 1 N–H and O–H groups in total. The molecule has 0 bridgehead atoms. The summed E-state index contributed by atoms with van der Waals surface area (Å²) >= 11 is 0. The molecule has 1 saturated carbocycles. The lowest BCUT2D eigenvalue weighted by atomic mass is 9.77. The Kier molecular flexibility index (Phi) is 6.41. The van der Waals surface area contributed by atoms with E-state index in [0.717, 1.165) is 23.8 Å². The van der Waals surface area contributed by atoms with Crippen molar-refractivity contribution in [2.45, 2.75) is 72.3 Å². The lowest BCUT2D eigenvalue weighted by Crippen LogP contribution is -2.42. The quantitative estimate of drug-likeness (QED) is 0.713. The molecule has 0 radical (unpaired) electrons. The molecular weight excluding hydrogens is 194 g/mol. The summed E-state index contributed by atoms with van der Waals surface area (Å²) in [5, 5.41) is 3.85. The summed E-state index contributed by atoms with van der Waals surface area (Å²) in [6.45, 7) is 10.7. The van der Waals surface area contributed by atoms with Crippen LogP contribution in [0.5, 0.6) is 0 Å². The Labute approximate surface area is 102 Å². The minimum atomic E-state index is 0.800. The van der Waals surface area contributed by atoms with Crippen molar-refractivity contribution in [2.24, 2.45) is 17.8 Å². The van der Waals surface area contributed by atoms with Gasteiger partial charge in [-0.3, -0.25) is 0 Å². The molecule has 1 nitrogen and oxygen atoms in total. The zero-order valence-corrected chi connectivity index (χ0v) is 11.8. The van der Waals surface area contributed by atoms with Gasteiger partial charge < -0.3 is 5.32 Å². The summed E-state index contributed by atoms with van der Waals surface area (Å²) in [7, 11) is 0. The molecule has 1 rings (SSSR count). The van der Waals surface area contributed by atoms with Crippen LogP contribution in [0, 0.1) is 17.8 Å². The predicted molar refractivity (Wildman–Crippen MR) is 72.7 cm³/mol. The van der Waals surface area contributed by atoms with Crippen molar-refractivity contribution in [3.05, 3.63) is 0 Å².